The Hall–Kier alpha value is -0.710. The fraction of sp³-hybridized carbons (Fsp3) is 0.800. The monoisotopic (exact) mass is 154 g/mol. The van der Waals surface area contributed by atoms with Gasteiger partial charge in [0.2, 0.25) is 5.60 Å². The Kier molecular flexibility index (Phi) is 2.71. The summed E-state index contributed by atoms with van der Waals surface area (Å²) in [6.07, 6.45) is -3.74. The molecule has 10 heavy (non-hydrogen) atoms. The zero-order valence-corrected chi connectivity index (χ0v) is 5.34. The molecule has 60 valence electrons. The SMILES string of the molecule is CC[C@](O)(C(=O)O)C(F)F. The van der Waals surface area contributed by atoms with E-state index in [9.17, 15) is 13.6 Å². The molecule has 0 heterocycles. The largest absolute Gasteiger partial charge is 0.479 e. The molecule has 0 aromatic heterocycles. The Bertz CT molecular complexity index is 137. The normalized spacial score (nSPS) is 16.9. The van der Waals surface area contributed by atoms with Gasteiger partial charge in [-0.2, -0.15) is 0 Å². The van der Waals surface area contributed by atoms with E-state index in [-0.39, 0.29) is 0 Å². The highest BCUT2D eigenvalue weighted by atomic mass is 19.3. The molecule has 0 unspecified atom stereocenters. The molecule has 0 rings (SSSR count). The molecule has 0 saturated heterocycles. The van der Waals surface area contributed by atoms with Gasteiger partial charge in [0.15, 0.2) is 0 Å². The Labute approximate surface area is 56.3 Å². The van der Waals surface area contributed by atoms with Crippen molar-refractivity contribution in [1.82, 2.24) is 0 Å². The predicted molar refractivity (Wildman–Crippen MR) is 28.9 cm³/mol. The van der Waals surface area contributed by atoms with Crippen molar-refractivity contribution in [1.29, 1.82) is 0 Å². The van der Waals surface area contributed by atoms with Gasteiger partial charge in [0, 0.05) is 0 Å². The van der Waals surface area contributed by atoms with Crippen LogP contribution in [0.1, 0.15) is 13.3 Å². The van der Waals surface area contributed by atoms with Crippen LogP contribution in [0.4, 0.5) is 8.78 Å². The van der Waals surface area contributed by atoms with Gasteiger partial charge >= 0.3 is 5.97 Å². The summed E-state index contributed by atoms with van der Waals surface area (Å²) in [7, 11) is 0. The molecule has 0 saturated carbocycles. The van der Waals surface area contributed by atoms with Crippen molar-refractivity contribution < 1.29 is 23.8 Å². The number of rotatable bonds is 3. The van der Waals surface area contributed by atoms with Gasteiger partial charge in [-0.25, -0.2) is 13.6 Å². The lowest BCUT2D eigenvalue weighted by atomic mass is 10.0. The van der Waals surface area contributed by atoms with Crippen LogP contribution in [0.25, 0.3) is 0 Å². The Morgan fingerprint density at radius 3 is 2.10 bits per heavy atom. The van der Waals surface area contributed by atoms with Gasteiger partial charge < -0.3 is 10.2 Å². The van der Waals surface area contributed by atoms with Crippen molar-refractivity contribution >= 4 is 5.97 Å². The molecule has 0 amide bonds. The van der Waals surface area contributed by atoms with Crippen molar-refractivity contribution in [2.75, 3.05) is 0 Å². The Morgan fingerprint density at radius 1 is 1.70 bits per heavy atom. The van der Waals surface area contributed by atoms with E-state index in [1.165, 1.54) is 6.92 Å². The molecule has 0 radical (unpaired) electrons. The zero-order chi connectivity index (χ0) is 8.36. The van der Waals surface area contributed by atoms with Gasteiger partial charge in [-0.15, -0.1) is 0 Å². The van der Waals surface area contributed by atoms with E-state index in [0.717, 1.165) is 0 Å². The lowest BCUT2D eigenvalue weighted by molar-refractivity contribution is -0.176. The van der Waals surface area contributed by atoms with Gasteiger partial charge in [-0.3, -0.25) is 0 Å². The lowest BCUT2D eigenvalue weighted by Gasteiger charge is -2.19. The highest BCUT2D eigenvalue weighted by Crippen LogP contribution is 2.19. The molecule has 2 N–H and O–H groups in total. The van der Waals surface area contributed by atoms with Crippen molar-refractivity contribution in [3.8, 4) is 0 Å². The number of halogens is 2. The van der Waals surface area contributed by atoms with Crippen LogP contribution in [0.2, 0.25) is 0 Å². The fourth-order valence-electron chi connectivity index (χ4n) is 0.399. The lowest BCUT2D eigenvalue weighted by Crippen LogP contribution is -2.44. The van der Waals surface area contributed by atoms with Gasteiger partial charge in [0.05, 0.1) is 0 Å². The van der Waals surface area contributed by atoms with Crippen LogP contribution in [-0.2, 0) is 4.79 Å². The van der Waals surface area contributed by atoms with Crippen molar-refractivity contribution in [2.24, 2.45) is 0 Å². The summed E-state index contributed by atoms with van der Waals surface area (Å²) in [6.45, 7) is 1.18. The quantitative estimate of drug-likeness (QED) is 0.621. The second kappa shape index (κ2) is 2.92. The van der Waals surface area contributed by atoms with E-state index in [2.05, 4.69) is 0 Å². The number of alkyl halides is 2. The fourth-order valence-corrected chi connectivity index (χ4v) is 0.399. The second-order valence-corrected chi connectivity index (χ2v) is 1.88. The summed E-state index contributed by atoms with van der Waals surface area (Å²) in [5.74, 6) is -1.88. The summed E-state index contributed by atoms with van der Waals surface area (Å²) >= 11 is 0. The number of carboxylic acids is 1. The molecule has 0 aliphatic heterocycles. The van der Waals surface area contributed by atoms with Crippen LogP contribution >= 0.6 is 0 Å². The van der Waals surface area contributed by atoms with Crippen molar-refractivity contribution in [3.05, 3.63) is 0 Å². The number of hydrogen-bond donors (Lipinski definition) is 2. The molecule has 0 aliphatic carbocycles. The van der Waals surface area contributed by atoms with Crippen LogP contribution in [0.5, 0.6) is 0 Å². The first-order chi connectivity index (χ1) is 4.45. The topological polar surface area (TPSA) is 57.5 Å². The molecule has 5 heteroatoms. The molecule has 3 nitrogen and oxygen atoms in total. The van der Waals surface area contributed by atoms with Crippen LogP contribution in [0.15, 0.2) is 0 Å². The highest BCUT2D eigenvalue weighted by molar-refractivity contribution is 5.77. The van der Waals surface area contributed by atoms with Crippen molar-refractivity contribution in [2.45, 2.75) is 25.4 Å². The minimum atomic E-state index is -3.24. The van der Waals surface area contributed by atoms with Gasteiger partial charge in [0.25, 0.3) is 6.43 Å². The minimum Gasteiger partial charge on any atom is -0.479 e. The number of carbonyl (C=O) groups is 1. The summed E-state index contributed by atoms with van der Waals surface area (Å²) in [5.41, 5.74) is -2.88. The molecular formula is C5H8F2O3. The first-order valence-corrected chi connectivity index (χ1v) is 2.69. The third-order valence-electron chi connectivity index (χ3n) is 1.27. The molecule has 0 bridgehead atoms. The number of carboxylic acid groups (broad SMARTS) is 1. The van der Waals surface area contributed by atoms with E-state index in [4.69, 9.17) is 10.2 Å². The third-order valence-corrected chi connectivity index (χ3v) is 1.27. The Morgan fingerprint density at radius 2 is 2.10 bits per heavy atom. The summed E-state index contributed by atoms with van der Waals surface area (Å²) < 4.78 is 23.4. The number of hydrogen-bond acceptors (Lipinski definition) is 2. The Balaban J connectivity index is 4.38. The minimum absolute atomic E-state index is 0.500. The molecule has 0 aliphatic rings. The van der Waals surface area contributed by atoms with Gasteiger partial charge in [0.1, 0.15) is 0 Å². The third kappa shape index (κ3) is 1.41. The van der Waals surface area contributed by atoms with E-state index in [0.29, 0.717) is 0 Å². The first kappa shape index (κ1) is 9.29. The van der Waals surface area contributed by atoms with Crippen molar-refractivity contribution in [3.63, 3.8) is 0 Å². The van der Waals surface area contributed by atoms with Crippen LogP contribution < -0.4 is 0 Å². The zero-order valence-electron chi connectivity index (χ0n) is 5.34. The van der Waals surface area contributed by atoms with E-state index in [1.54, 1.807) is 0 Å². The van der Waals surface area contributed by atoms with Gasteiger partial charge in [-0.1, -0.05) is 6.92 Å². The van der Waals surface area contributed by atoms with Crippen LogP contribution in [0.3, 0.4) is 0 Å². The molecule has 1 atom stereocenters. The van der Waals surface area contributed by atoms with E-state index >= 15 is 0 Å². The number of aliphatic hydroxyl groups is 1. The smallest absolute Gasteiger partial charge is 0.341 e. The highest BCUT2D eigenvalue weighted by Gasteiger charge is 2.43. The summed E-state index contributed by atoms with van der Waals surface area (Å²) in [6, 6.07) is 0. The molecule has 0 fully saturated rings. The maximum atomic E-state index is 11.7. The average Bonchev–Trinajstić information content (AvgIpc) is 1.85. The van der Waals surface area contributed by atoms with E-state index < -0.39 is 24.4 Å². The number of aliphatic carboxylic acids is 1. The molecular weight excluding hydrogens is 146 g/mol. The average molecular weight is 154 g/mol. The standard InChI is InChI=1S/C5H8F2O3/c1-2-5(10,3(6)7)4(8)9/h3,10H,2H2,1H3,(H,8,9)/t5-/m1/s1. The second-order valence-electron chi connectivity index (χ2n) is 1.88. The maximum Gasteiger partial charge on any atom is 0.341 e. The first-order valence-electron chi connectivity index (χ1n) is 2.69. The molecule has 0 aromatic carbocycles. The molecule has 0 aromatic rings. The van der Waals surface area contributed by atoms with Crippen LogP contribution in [0, 0.1) is 0 Å². The molecule has 0 spiro atoms. The van der Waals surface area contributed by atoms with Crippen LogP contribution in [-0.4, -0.2) is 28.2 Å². The summed E-state index contributed by atoms with van der Waals surface area (Å²) in [5, 5.41) is 16.7. The predicted octanol–water partition coefficient (Wildman–Crippen LogP) is 0.477. The summed E-state index contributed by atoms with van der Waals surface area (Å²) in [4.78, 5) is 9.96. The maximum absolute atomic E-state index is 11.7. The van der Waals surface area contributed by atoms with E-state index in [1.807, 2.05) is 0 Å². The van der Waals surface area contributed by atoms with Gasteiger partial charge in [-0.05, 0) is 6.42 Å².